The van der Waals surface area contributed by atoms with Gasteiger partial charge in [-0.3, -0.25) is 14.3 Å². The van der Waals surface area contributed by atoms with Gasteiger partial charge in [0.2, 0.25) is 0 Å². The van der Waals surface area contributed by atoms with Gasteiger partial charge in [0.15, 0.2) is 0 Å². The van der Waals surface area contributed by atoms with Gasteiger partial charge >= 0.3 is 11.7 Å². The molecule has 6 nitrogen and oxygen atoms in total. The van der Waals surface area contributed by atoms with E-state index < -0.39 is 22.8 Å². The number of fused-ring (bicyclic) bond motifs is 1. The summed E-state index contributed by atoms with van der Waals surface area (Å²) in [5.41, 5.74) is 0.547. The Kier molecular flexibility index (Phi) is 2.78. The van der Waals surface area contributed by atoms with Gasteiger partial charge in [0, 0.05) is 18.7 Å². The topological polar surface area (TPSA) is 92.2 Å². The number of aromatic amines is 1. The van der Waals surface area contributed by atoms with Crippen molar-refractivity contribution in [3.8, 4) is 0 Å². The van der Waals surface area contributed by atoms with E-state index in [1.807, 2.05) is 29.2 Å². The number of aromatic nitrogens is 2. The van der Waals surface area contributed by atoms with Crippen LogP contribution in [0.3, 0.4) is 0 Å². The van der Waals surface area contributed by atoms with Gasteiger partial charge in [-0.15, -0.1) is 0 Å². The fourth-order valence-electron chi connectivity index (χ4n) is 2.56. The molecule has 1 aromatic heterocycles. The van der Waals surface area contributed by atoms with Crippen molar-refractivity contribution in [2.24, 2.45) is 0 Å². The number of aromatic carboxylic acids is 1. The van der Waals surface area contributed by atoms with E-state index in [-0.39, 0.29) is 5.92 Å². The van der Waals surface area contributed by atoms with Crippen LogP contribution in [0.25, 0.3) is 0 Å². The number of H-pyrrole nitrogens is 1. The highest BCUT2D eigenvalue weighted by atomic mass is 16.4. The zero-order chi connectivity index (χ0) is 14.3. The van der Waals surface area contributed by atoms with Crippen molar-refractivity contribution in [2.45, 2.75) is 18.9 Å². The van der Waals surface area contributed by atoms with Crippen molar-refractivity contribution in [3.63, 3.8) is 0 Å². The molecule has 1 aliphatic rings. The van der Waals surface area contributed by atoms with Gasteiger partial charge in [0.1, 0.15) is 5.56 Å². The lowest BCUT2D eigenvalue weighted by atomic mass is 9.77. The number of carbonyl (C=O) groups is 1. The quantitative estimate of drug-likeness (QED) is 0.854. The zero-order valence-electron chi connectivity index (χ0n) is 10.5. The zero-order valence-corrected chi connectivity index (χ0v) is 10.5. The maximum Gasteiger partial charge on any atom is 0.342 e. The van der Waals surface area contributed by atoms with Crippen molar-refractivity contribution in [2.75, 3.05) is 0 Å². The number of benzene rings is 1. The number of nitrogens with zero attached hydrogens (tertiary/aromatic N) is 1. The van der Waals surface area contributed by atoms with E-state index in [1.165, 1.54) is 15.7 Å². The van der Waals surface area contributed by atoms with Crippen molar-refractivity contribution in [1.29, 1.82) is 0 Å². The van der Waals surface area contributed by atoms with Crippen LogP contribution in [0.5, 0.6) is 0 Å². The van der Waals surface area contributed by atoms with Crippen LogP contribution in [0.2, 0.25) is 0 Å². The molecule has 1 heterocycles. The third kappa shape index (κ3) is 1.95. The van der Waals surface area contributed by atoms with Gasteiger partial charge in [0.05, 0.1) is 0 Å². The molecule has 0 bridgehead atoms. The molecule has 0 radical (unpaired) electrons. The van der Waals surface area contributed by atoms with Crippen molar-refractivity contribution < 1.29 is 9.90 Å². The molecule has 0 fully saturated rings. The summed E-state index contributed by atoms with van der Waals surface area (Å²) < 4.78 is 1.26. The van der Waals surface area contributed by atoms with Crippen LogP contribution in [0.15, 0.2) is 40.1 Å². The Balaban J connectivity index is 1.93. The Morgan fingerprint density at radius 2 is 2.10 bits per heavy atom. The van der Waals surface area contributed by atoms with E-state index in [9.17, 15) is 14.4 Å². The molecular weight excluding hydrogens is 260 g/mol. The van der Waals surface area contributed by atoms with Gasteiger partial charge in [-0.05, 0) is 17.5 Å². The lowest BCUT2D eigenvalue weighted by molar-refractivity contribution is 0.0693. The second-order valence-corrected chi connectivity index (χ2v) is 4.86. The van der Waals surface area contributed by atoms with Crippen LogP contribution in [-0.4, -0.2) is 20.6 Å². The number of hydrogen-bond donors (Lipinski definition) is 2. The summed E-state index contributed by atoms with van der Waals surface area (Å²) in [6.07, 6.45) is 1.97. The monoisotopic (exact) mass is 272 g/mol. The van der Waals surface area contributed by atoms with E-state index in [0.29, 0.717) is 6.54 Å². The normalized spacial score (nSPS) is 16.3. The van der Waals surface area contributed by atoms with Gasteiger partial charge in [0.25, 0.3) is 5.56 Å². The Labute approximate surface area is 113 Å². The minimum Gasteiger partial charge on any atom is -0.477 e. The minimum absolute atomic E-state index is 0.177. The second kappa shape index (κ2) is 4.48. The number of hydrogen-bond acceptors (Lipinski definition) is 3. The molecule has 20 heavy (non-hydrogen) atoms. The van der Waals surface area contributed by atoms with E-state index in [4.69, 9.17) is 5.11 Å². The van der Waals surface area contributed by atoms with E-state index in [1.54, 1.807) is 0 Å². The molecule has 1 unspecified atom stereocenters. The molecule has 1 aliphatic carbocycles. The number of carboxylic acids is 1. The van der Waals surface area contributed by atoms with Gasteiger partial charge < -0.3 is 5.11 Å². The lowest BCUT2D eigenvalue weighted by Crippen LogP contribution is -2.36. The Bertz CT molecular complexity index is 803. The highest BCUT2D eigenvalue weighted by Crippen LogP contribution is 2.35. The van der Waals surface area contributed by atoms with Crippen LogP contribution in [0, 0.1) is 0 Å². The molecule has 1 atom stereocenters. The van der Waals surface area contributed by atoms with Crippen molar-refractivity contribution >= 4 is 5.97 Å². The van der Waals surface area contributed by atoms with E-state index >= 15 is 0 Å². The molecule has 0 saturated heterocycles. The molecule has 0 saturated carbocycles. The molecule has 0 amide bonds. The van der Waals surface area contributed by atoms with Crippen molar-refractivity contribution in [1.82, 2.24) is 9.55 Å². The highest BCUT2D eigenvalue weighted by molar-refractivity contribution is 5.86. The SMILES string of the molecule is O=C(O)c1cn(CC2Cc3ccccc32)c(=O)[nH]c1=O. The highest BCUT2D eigenvalue weighted by Gasteiger charge is 2.26. The number of nitrogens with one attached hydrogen (secondary N) is 1. The third-order valence-corrected chi connectivity index (χ3v) is 3.62. The molecule has 1 aromatic carbocycles. The molecular formula is C14H12N2O4. The standard InChI is InChI=1S/C14H12N2O4/c17-12-11(13(18)19)7-16(14(20)15-12)6-9-5-8-3-1-2-4-10(8)9/h1-4,7,9H,5-6H2,(H,18,19)(H,15,17,20). The summed E-state index contributed by atoms with van der Waals surface area (Å²) >= 11 is 0. The summed E-state index contributed by atoms with van der Waals surface area (Å²) in [6.45, 7) is 0.368. The molecule has 2 N–H and O–H groups in total. The van der Waals surface area contributed by atoms with Crippen LogP contribution in [0.4, 0.5) is 0 Å². The fraction of sp³-hybridized carbons (Fsp3) is 0.214. The molecule has 102 valence electrons. The van der Waals surface area contributed by atoms with Gasteiger partial charge in [-0.1, -0.05) is 24.3 Å². The maximum absolute atomic E-state index is 11.7. The first-order valence-electron chi connectivity index (χ1n) is 6.21. The Morgan fingerprint density at radius 3 is 2.80 bits per heavy atom. The van der Waals surface area contributed by atoms with Crippen LogP contribution < -0.4 is 11.2 Å². The summed E-state index contributed by atoms with van der Waals surface area (Å²) in [6, 6.07) is 7.93. The van der Waals surface area contributed by atoms with Crippen LogP contribution >= 0.6 is 0 Å². The largest absolute Gasteiger partial charge is 0.477 e. The molecule has 0 aliphatic heterocycles. The summed E-state index contributed by atoms with van der Waals surface area (Å²) in [5.74, 6) is -1.16. The summed E-state index contributed by atoms with van der Waals surface area (Å²) in [5, 5.41) is 8.91. The molecule has 2 aromatic rings. The van der Waals surface area contributed by atoms with E-state index in [0.717, 1.165) is 12.6 Å². The summed E-state index contributed by atoms with van der Waals surface area (Å²) in [7, 11) is 0. The number of rotatable bonds is 3. The predicted molar refractivity (Wildman–Crippen MR) is 71.2 cm³/mol. The molecule has 3 rings (SSSR count). The molecule has 6 heteroatoms. The van der Waals surface area contributed by atoms with E-state index in [2.05, 4.69) is 0 Å². The average molecular weight is 272 g/mol. The average Bonchev–Trinajstić information content (AvgIpc) is 2.37. The lowest BCUT2D eigenvalue weighted by Gasteiger charge is -2.30. The van der Waals surface area contributed by atoms with Crippen LogP contribution in [0.1, 0.15) is 27.4 Å². The Hall–Kier alpha value is -2.63. The fourth-order valence-corrected chi connectivity index (χ4v) is 2.56. The van der Waals surface area contributed by atoms with Crippen molar-refractivity contribution in [3.05, 3.63) is 68.0 Å². The first kappa shape index (κ1) is 12.4. The third-order valence-electron chi connectivity index (χ3n) is 3.62. The summed E-state index contributed by atoms with van der Waals surface area (Å²) in [4.78, 5) is 36.0. The predicted octanol–water partition coefficient (Wildman–Crippen LogP) is 0.575. The van der Waals surface area contributed by atoms with Gasteiger partial charge in [-0.2, -0.15) is 0 Å². The van der Waals surface area contributed by atoms with Gasteiger partial charge in [-0.25, -0.2) is 9.59 Å². The van der Waals surface area contributed by atoms with Crippen LogP contribution in [-0.2, 0) is 13.0 Å². The molecule has 0 spiro atoms. The smallest absolute Gasteiger partial charge is 0.342 e. The first-order valence-corrected chi connectivity index (χ1v) is 6.21. The minimum atomic E-state index is -1.34. The maximum atomic E-state index is 11.7. The number of carboxylic acid groups (broad SMARTS) is 1. The second-order valence-electron chi connectivity index (χ2n) is 4.86. The first-order chi connectivity index (χ1) is 9.56. The Morgan fingerprint density at radius 1 is 1.35 bits per heavy atom.